The molecular formula is C26H17ClO12. The number of phenolic OH excluding ortho intramolecular Hbond substituents is 3. The number of Topliss-reactive ketones (excluding diaryl/α,β-unsaturated/α-hetero) is 1. The molecule has 1 unspecified atom stereocenters. The van der Waals surface area contributed by atoms with E-state index in [0.717, 1.165) is 13.2 Å². The van der Waals surface area contributed by atoms with Crippen LogP contribution < -0.4 is 15.1 Å². The molecule has 200 valence electrons. The van der Waals surface area contributed by atoms with Crippen LogP contribution in [0.4, 0.5) is 0 Å². The number of aromatic hydroxyl groups is 3. The van der Waals surface area contributed by atoms with Crippen molar-refractivity contribution in [3.63, 3.8) is 0 Å². The van der Waals surface area contributed by atoms with E-state index in [0.29, 0.717) is 0 Å². The molecule has 3 aromatic rings. The van der Waals surface area contributed by atoms with Crippen molar-refractivity contribution in [2.75, 3.05) is 14.2 Å². The number of phenols is 3. The number of hydrogen-bond acceptors (Lipinski definition) is 12. The predicted octanol–water partition coefficient (Wildman–Crippen LogP) is 3.00. The van der Waals surface area contributed by atoms with Crippen LogP contribution in [-0.4, -0.2) is 52.9 Å². The molecule has 2 aliphatic heterocycles. The van der Waals surface area contributed by atoms with Crippen LogP contribution in [0.2, 0.25) is 0 Å². The van der Waals surface area contributed by atoms with Gasteiger partial charge in [0.1, 0.15) is 11.1 Å². The number of methoxy groups -OCH3 is 2. The van der Waals surface area contributed by atoms with Crippen molar-refractivity contribution in [3.8, 4) is 28.7 Å². The van der Waals surface area contributed by atoms with Gasteiger partial charge in [-0.3, -0.25) is 9.59 Å². The highest BCUT2D eigenvalue weighted by Crippen LogP contribution is 2.57. The molecule has 0 saturated carbocycles. The summed E-state index contributed by atoms with van der Waals surface area (Å²) < 4.78 is 26.5. The third-order valence-electron chi connectivity index (χ3n) is 6.92. The lowest BCUT2D eigenvalue weighted by Crippen LogP contribution is -2.44. The van der Waals surface area contributed by atoms with Gasteiger partial charge < -0.3 is 38.7 Å². The van der Waals surface area contributed by atoms with Crippen LogP contribution in [0.25, 0.3) is 10.8 Å². The third kappa shape index (κ3) is 3.31. The Balaban J connectivity index is 1.47. The maximum absolute atomic E-state index is 12.8. The topological polar surface area (TPSA) is 179 Å². The molecule has 1 spiro atoms. The van der Waals surface area contributed by atoms with Crippen LogP contribution in [0.15, 0.2) is 33.2 Å². The average molecular weight is 557 g/mol. The summed E-state index contributed by atoms with van der Waals surface area (Å²) >= 11 is 6.67. The van der Waals surface area contributed by atoms with Gasteiger partial charge in [-0.2, -0.15) is 0 Å². The number of carbonyl (C=O) groups is 3. The molecule has 3 heterocycles. The van der Waals surface area contributed by atoms with Crippen molar-refractivity contribution in [3.05, 3.63) is 62.4 Å². The van der Waals surface area contributed by atoms with Crippen LogP contribution in [0.5, 0.6) is 28.7 Å². The minimum absolute atomic E-state index is 0.0171. The summed E-state index contributed by atoms with van der Waals surface area (Å²) in [4.78, 5) is 50.0. The molecule has 2 aromatic carbocycles. The Morgan fingerprint density at radius 3 is 2.44 bits per heavy atom. The second-order valence-corrected chi connectivity index (χ2v) is 9.65. The third-order valence-corrected chi connectivity index (χ3v) is 7.31. The normalized spacial score (nSPS) is 21.0. The van der Waals surface area contributed by atoms with Crippen LogP contribution in [0.3, 0.4) is 0 Å². The van der Waals surface area contributed by atoms with E-state index in [-0.39, 0.29) is 57.8 Å². The number of hydrogen-bond donors (Lipinski definition) is 3. The van der Waals surface area contributed by atoms with E-state index in [1.807, 2.05) is 0 Å². The molecule has 2 atom stereocenters. The van der Waals surface area contributed by atoms with Gasteiger partial charge in [0.15, 0.2) is 34.5 Å². The highest BCUT2D eigenvalue weighted by molar-refractivity contribution is 6.26. The highest BCUT2D eigenvalue weighted by Gasteiger charge is 2.52. The van der Waals surface area contributed by atoms with Crippen molar-refractivity contribution in [2.45, 2.75) is 24.0 Å². The summed E-state index contributed by atoms with van der Waals surface area (Å²) in [6.07, 6.45) is 0.580. The molecule has 0 saturated heterocycles. The molecule has 0 fully saturated rings. The number of fused-ring (bicyclic) bond motifs is 4. The summed E-state index contributed by atoms with van der Waals surface area (Å²) in [5.74, 6) is -7.35. The highest BCUT2D eigenvalue weighted by atomic mass is 35.5. The molecule has 0 radical (unpaired) electrons. The first-order chi connectivity index (χ1) is 18.5. The van der Waals surface area contributed by atoms with Gasteiger partial charge in [0.25, 0.3) is 5.79 Å². The number of benzene rings is 2. The van der Waals surface area contributed by atoms with E-state index in [9.17, 15) is 34.5 Å². The van der Waals surface area contributed by atoms with E-state index in [4.69, 9.17) is 30.2 Å². The molecule has 39 heavy (non-hydrogen) atoms. The number of alkyl halides is 1. The molecule has 6 rings (SSSR count). The van der Waals surface area contributed by atoms with Crippen molar-refractivity contribution in [1.29, 1.82) is 0 Å². The van der Waals surface area contributed by atoms with Gasteiger partial charge in [0, 0.05) is 23.6 Å². The van der Waals surface area contributed by atoms with E-state index >= 15 is 0 Å². The van der Waals surface area contributed by atoms with Crippen LogP contribution in [-0.2, 0) is 15.9 Å². The first kappa shape index (κ1) is 24.6. The second-order valence-electron chi connectivity index (χ2n) is 9.12. The molecule has 1 aromatic heterocycles. The largest absolute Gasteiger partial charge is 0.507 e. The van der Waals surface area contributed by atoms with E-state index in [1.165, 1.54) is 19.2 Å². The molecule has 12 nitrogen and oxygen atoms in total. The monoisotopic (exact) mass is 556 g/mol. The SMILES string of the molecule is COC(=O)c1cc2cc3c(c(O)c2c(=O)o1)OC1(Cc2c(O)c4c(c(O)c2O1)C(=O)C(OC)=CC4=O)C[C@@H]3Cl. The fraction of sp³-hybridized carbons (Fsp3) is 0.231. The lowest BCUT2D eigenvalue weighted by Gasteiger charge is -2.37. The molecule has 3 aliphatic rings. The molecule has 3 N–H and O–H groups in total. The summed E-state index contributed by atoms with van der Waals surface area (Å²) in [5, 5.41) is 31.9. The molecule has 13 heteroatoms. The Morgan fingerprint density at radius 1 is 1.03 bits per heavy atom. The smallest absolute Gasteiger partial charge is 0.374 e. The van der Waals surface area contributed by atoms with Gasteiger partial charge in [-0.25, -0.2) is 9.59 Å². The Bertz CT molecular complexity index is 1770. The lowest BCUT2D eigenvalue weighted by molar-refractivity contribution is -0.114. The lowest BCUT2D eigenvalue weighted by atomic mass is 9.87. The quantitative estimate of drug-likeness (QED) is 0.239. The number of allylic oxidation sites excluding steroid dienone is 2. The van der Waals surface area contributed by atoms with E-state index in [1.54, 1.807) is 0 Å². The maximum atomic E-state index is 12.8. The summed E-state index contributed by atoms with van der Waals surface area (Å²) in [6, 6.07) is 2.67. The van der Waals surface area contributed by atoms with Crippen LogP contribution in [0.1, 0.15) is 54.2 Å². The minimum atomic E-state index is -1.71. The Kier molecular flexibility index (Phi) is 5.14. The Morgan fingerprint density at radius 2 is 1.74 bits per heavy atom. The number of esters is 1. The number of halogens is 1. The number of carbonyl (C=O) groups excluding carboxylic acids is 3. The van der Waals surface area contributed by atoms with E-state index < -0.39 is 62.7 Å². The first-order valence-corrected chi connectivity index (χ1v) is 11.8. The standard InChI is InChI=1S/C26H17ClO12/c1-35-13-5-12(28)16-17(19(13)30)21(32)23-10(18(16)29)6-26(39-23)7-11(27)9-3-8-4-14(24(33)36-2)37-25(34)15(8)20(31)22(9)38-26/h3-5,11,29,31-32H,6-7H2,1-2H3/t11-,26?/m0/s1. The molecule has 1 aliphatic carbocycles. The average Bonchev–Trinajstić information content (AvgIpc) is 3.27. The molecule has 0 bridgehead atoms. The molecule has 0 amide bonds. The predicted molar refractivity (Wildman–Crippen MR) is 130 cm³/mol. The Labute approximate surface area is 222 Å². The number of ether oxygens (including phenoxy) is 4. The van der Waals surface area contributed by atoms with Crippen molar-refractivity contribution in [1.82, 2.24) is 0 Å². The Hall–Kier alpha value is -4.71. The summed E-state index contributed by atoms with van der Waals surface area (Å²) in [6.45, 7) is 0. The fourth-order valence-corrected chi connectivity index (χ4v) is 5.57. The van der Waals surface area contributed by atoms with Gasteiger partial charge in [-0.1, -0.05) is 0 Å². The van der Waals surface area contributed by atoms with Crippen molar-refractivity contribution < 1.29 is 53.1 Å². The van der Waals surface area contributed by atoms with E-state index in [2.05, 4.69) is 4.74 Å². The zero-order valence-corrected chi connectivity index (χ0v) is 20.9. The maximum Gasteiger partial charge on any atom is 0.374 e. The van der Waals surface area contributed by atoms with Crippen LogP contribution >= 0.6 is 11.6 Å². The van der Waals surface area contributed by atoms with Crippen molar-refractivity contribution >= 4 is 39.9 Å². The second kappa shape index (κ2) is 8.14. The summed E-state index contributed by atoms with van der Waals surface area (Å²) in [7, 11) is 2.29. The number of rotatable bonds is 2. The van der Waals surface area contributed by atoms with Gasteiger partial charge in [-0.15, -0.1) is 11.6 Å². The zero-order valence-electron chi connectivity index (χ0n) is 20.1. The van der Waals surface area contributed by atoms with Gasteiger partial charge in [0.05, 0.1) is 37.1 Å². The van der Waals surface area contributed by atoms with Crippen LogP contribution in [0, 0.1) is 0 Å². The fourth-order valence-electron chi connectivity index (χ4n) is 5.17. The summed E-state index contributed by atoms with van der Waals surface area (Å²) in [5.41, 5.74) is -1.69. The van der Waals surface area contributed by atoms with Gasteiger partial charge >= 0.3 is 11.6 Å². The number of ketones is 2. The van der Waals surface area contributed by atoms with Gasteiger partial charge in [-0.05, 0) is 17.5 Å². The van der Waals surface area contributed by atoms with Crippen molar-refractivity contribution in [2.24, 2.45) is 0 Å². The molecular weight excluding hydrogens is 540 g/mol. The van der Waals surface area contributed by atoms with Gasteiger partial charge in [0.2, 0.25) is 11.5 Å². The first-order valence-electron chi connectivity index (χ1n) is 11.4. The minimum Gasteiger partial charge on any atom is -0.507 e. The zero-order chi connectivity index (χ0) is 28.0.